The molecular weight excluding hydrogens is 216 g/mol. The monoisotopic (exact) mass is 232 g/mol. The van der Waals surface area contributed by atoms with Gasteiger partial charge in [0, 0.05) is 0 Å². The minimum atomic E-state index is 1.18. The normalized spacial score (nSPS) is 16.7. The smallest absolute Gasteiger partial charge is 0.0106 e. The third-order valence-electron chi connectivity index (χ3n) is 4.16. The van der Waals surface area contributed by atoms with Crippen LogP contribution in [0.1, 0.15) is 30.4 Å². The Morgan fingerprint density at radius 1 is 0.778 bits per heavy atom. The lowest BCUT2D eigenvalue weighted by molar-refractivity contribution is 0.997. The Morgan fingerprint density at radius 2 is 1.67 bits per heavy atom. The van der Waals surface area contributed by atoms with Gasteiger partial charge in [-0.2, -0.15) is 0 Å². The Bertz CT molecular complexity index is 776. The minimum Gasteiger partial charge on any atom is -0.0836 e. The summed E-state index contributed by atoms with van der Waals surface area (Å²) in [7, 11) is 0. The molecular formula is C18H16. The highest BCUT2D eigenvalue weighted by Crippen LogP contribution is 2.26. The summed E-state index contributed by atoms with van der Waals surface area (Å²) in [6.07, 6.45) is 14.1. The fourth-order valence-electron chi connectivity index (χ4n) is 3.27. The minimum absolute atomic E-state index is 1.18. The van der Waals surface area contributed by atoms with Crippen molar-refractivity contribution in [3.8, 4) is 0 Å². The summed E-state index contributed by atoms with van der Waals surface area (Å²) in [4.78, 5) is 0. The molecule has 0 saturated carbocycles. The van der Waals surface area contributed by atoms with Crippen LogP contribution in [-0.2, 0) is 6.42 Å². The molecule has 2 aliphatic carbocycles. The van der Waals surface area contributed by atoms with Crippen LogP contribution in [0.3, 0.4) is 0 Å². The van der Waals surface area contributed by atoms with E-state index >= 15 is 0 Å². The van der Waals surface area contributed by atoms with Crippen molar-refractivity contribution in [1.82, 2.24) is 0 Å². The molecule has 0 bridgehead atoms. The predicted octanol–water partition coefficient (Wildman–Crippen LogP) is 3.15. The molecule has 18 heavy (non-hydrogen) atoms. The van der Waals surface area contributed by atoms with Gasteiger partial charge in [0.05, 0.1) is 0 Å². The number of rotatable bonds is 0. The van der Waals surface area contributed by atoms with Crippen LogP contribution in [0.2, 0.25) is 0 Å². The third kappa shape index (κ3) is 1.38. The summed E-state index contributed by atoms with van der Waals surface area (Å²) < 4.78 is 0. The molecule has 2 aliphatic rings. The Labute approximate surface area is 107 Å². The zero-order valence-corrected chi connectivity index (χ0v) is 10.4. The number of hydrogen-bond acceptors (Lipinski definition) is 0. The second kappa shape index (κ2) is 3.84. The van der Waals surface area contributed by atoms with Crippen LogP contribution >= 0.6 is 0 Å². The highest BCUT2D eigenvalue weighted by Gasteiger charge is 2.09. The Hall–Kier alpha value is -1.82. The van der Waals surface area contributed by atoms with E-state index in [1.807, 2.05) is 0 Å². The van der Waals surface area contributed by atoms with Crippen LogP contribution in [0.25, 0.3) is 29.0 Å². The fourth-order valence-corrected chi connectivity index (χ4v) is 3.27. The van der Waals surface area contributed by atoms with Crippen molar-refractivity contribution in [1.29, 1.82) is 0 Å². The van der Waals surface area contributed by atoms with Gasteiger partial charge in [-0.1, -0.05) is 48.6 Å². The zero-order chi connectivity index (χ0) is 11.9. The van der Waals surface area contributed by atoms with E-state index in [0.29, 0.717) is 0 Å². The van der Waals surface area contributed by atoms with Gasteiger partial charge in [-0.25, -0.2) is 0 Å². The maximum atomic E-state index is 2.41. The fraction of sp³-hybridized carbons (Fsp3) is 0.222. The zero-order valence-electron chi connectivity index (χ0n) is 10.4. The number of benzene rings is 2. The first-order chi connectivity index (χ1) is 8.93. The molecule has 0 spiro atoms. The maximum absolute atomic E-state index is 2.41. The van der Waals surface area contributed by atoms with Crippen molar-refractivity contribution < 1.29 is 0 Å². The van der Waals surface area contributed by atoms with Gasteiger partial charge in [0.2, 0.25) is 0 Å². The first kappa shape index (κ1) is 10.1. The summed E-state index contributed by atoms with van der Waals surface area (Å²) in [5, 5.41) is 5.77. The van der Waals surface area contributed by atoms with Gasteiger partial charge >= 0.3 is 0 Å². The molecule has 0 aliphatic heterocycles. The molecule has 0 heteroatoms. The van der Waals surface area contributed by atoms with Crippen molar-refractivity contribution in [3.63, 3.8) is 0 Å². The predicted molar refractivity (Wildman–Crippen MR) is 78.7 cm³/mol. The van der Waals surface area contributed by atoms with Crippen LogP contribution in [0.4, 0.5) is 0 Å². The number of hydrogen-bond donors (Lipinski definition) is 0. The van der Waals surface area contributed by atoms with E-state index in [0.717, 1.165) is 0 Å². The van der Waals surface area contributed by atoms with Crippen molar-refractivity contribution in [2.75, 3.05) is 0 Å². The Kier molecular flexibility index (Phi) is 2.16. The van der Waals surface area contributed by atoms with E-state index in [2.05, 4.69) is 48.6 Å². The standard InChI is InChI=1S/C18H16/c1-3-7-15-13(5-1)9-11-18-16-8-4-2-6-14(16)10-12-17(15)18/h1,5-6,8-12H,2-4,7H2. The third-order valence-corrected chi connectivity index (χ3v) is 4.16. The topological polar surface area (TPSA) is 0 Å². The largest absolute Gasteiger partial charge is 0.0836 e. The van der Waals surface area contributed by atoms with Crippen LogP contribution in [0.5, 0.6) is 0 Å². The van der Waals surface area contributed by atoms with Gasteiger partial charge in [0.15, 0.2) is 0 Å². The molecule has 0 radical (unpaired) electrons. The molecule has 0 fully saturated rings. The molecule has 0 nitrogen and oxygen atoms in total. The van der Waals surface area contributed by atoms with Crippen molar-refractivity contribution in [2.24, 2.45) is 0 Å². The van der Waals surface area contributed by atoms with Crippen LogP contribution in [0, 0.1) is 0 Å². The highest BCUT2D eigenvalue weighted by atomic mass is 14.1. The molecule has 0 N–H and O–H groups in total. The Morgan fingerprint density at radius 3 is 2.67 bits per heavy atom. The molecule has 0 amide bonds. The van der Waals surface area contributed by atoms with Gasteiger partial charge in [0.1, 0.15) is 0 Å². The van der Waals surface area contributed by atoms with E-state index in [9.17, 15) is 0 Å². The van der Waals surface area contributed by atoms with Crippen molar-refractivity contribution >= 4 is 29.0 Å². The first-order valence-corrected chi connectivity index (χ1v) is 6.85. The summed E-state index contributed by atoms with van der Waals surface area (Å²) in [6, 6.07) is 9.21. The van der Waals surface area contributed by atoms with E-state index < -0.39 is 0 Å². The van der Waals surface area contributed by atoms with Crippen molar-refractivity contribution in [3.05, 3.63) is 51.9 Å². The van der Waals surface area contributed by atoms with Crippen LogP contribution in [-0.4, -0.2) is 0 Å². The van der Waals surface area contributed by atoms with Gasteiger partial charge < -0.3 is 0 Å². The van der Waals surface area contributed by atoms with E-state index in [1.54, 1.807) is 0 Å². The van der Waals surface area contributed by atoms with Gasteiger partial charge in [0.25, 0.3) is 0 Å². The van der Waals surface area contributed by atoms with Gasteiger partial charge in [-0.05, 0) is 58.0 Å². The summed E-state index contributed by atoms with van der Waals surface area (Å²) in [5.41, 5.74) is 2.95. The van der Waals surface area contributed by atoms with E-state index in [1.165, 1.54) is 58.0 Å². The number of fused-ring (bicyclic) bond motifs is 5. The lowest BCUT2D eigenvalue weighted by Gasteiger charge is -2.14. The van der Waals surface area contributed by atoms with Gasteiger partial charge in [-0.3, -0.25) is 0 Å². The molecule has 0 atom stereocenters. The second-order valence-corrected chi connectivity index (χ2v) is 5.22. The second-order valence-electron chi connectivity index (χ2n) is 5.22. The average molecular weight is 232 g/mol. The first-order valence-electron chi connectivity index (χ1n) is 6.85. The summed E-state index contributed by atoms with van der Waals surface area (Å²) in [5.74, 6) is 0. The molecule has 0 saturated heterocycles. The van der Waals surface area contributed by atoms with Crippen molar-refractivity contribution in [2.45, 2.75) is 25.7 Å². The SMILES string of the molecule is C1=Cc2ccc3c4c(ccc3c2CC1)=CCCC=4. The van der Waals surface area contributed by atoms with E-state index in [4.69, 9.17) is 0 Å². The lowest BCUT2D eigenvalue weighted by Crippen LogP contribution is -2.27. The molecule has 88 valence electrons. The molecule has 4 rings (SSSR count). The average Bonchev–Trinajstić information content (AvgIpc) is 2.46. The summed E-state index contributed by atoms with van der Waals surface area (Å²) >= 11 is 0. The molecule has 0 heterocycles. The highest BCUT2D eigenvalue weighted by molar-refractivity contribution is 5.90. The molecule has 0 unspecified atom stereocenters. The van der Waals surface area contributed by atoms with E-state index in [-0.39, 0.29) is 0 Å². The molecule has 2 aromatic carbocycles. The van der Waals surface area contributed by atoms with Crippen LogP contribution in [0.15, 0.2) is 30.3 Å². The quantitative estimate of drug-likeness (QED) is 0.654. The lowest BCUT2D eigenvalue weighted by atomic mass is 9.90. The Balaban J connectivity index is 2.18. The maximum Gasteiger partial charge on any atom is -0.0106 e. The number of aryl methyl sites for hydroxylation is 1. The summed E-state index contributed by atoms with van der Waals surface area (Å²) in [6.45, 7) is 0. The van der Waals surface area contributed by atoms with Crippen LogP contribution < -0.4 is 10.4 Å². The molecule has 2 aromatic rings. The molecule has 0 aromatic heterocycles. The number of allylic oxidation sites excluding steroid dienone is 1. The van der Waals surface area contributed by atoms with Gasteiger partial charge in [-0.15, -0.1) is 0 Å².